The minimum atomic E-state index is -0.670. The summed E-state index contributed by atoms with van der Waals surface area (Å²) in [6, 6.07) is 0. The van der Waals surface area contributed by atoms with Crippen molar-refractivity contribution in [2.24, 2.45) is 0 Å². The van der Waals surface area contributed by atoms with Gasteiger partial charge in [-0.2, -0.15) is 0 Å². The van der Waals surface area contributed by atoms with Gasteiger partial charge in [0.15, 0.2) is 0 Å². The standard InChI is InChI=1S/C44H86O4/c1-3-5-7-8-9-10-11-12-13-14-15-16-17-18-19-20-24-27-30-33-37-41-44(47)48-42(38-34-6-4-2)39-35-31-28-25-22-21-23-26-29-32-36-40-43(45)46/h42H,3-41H2,1-2H3,(H,45,46). The Labute approximate surface area is 301 Å². The number of hydrogen-bond acceptors (Lipinski definition) is 3. The summed E-state index contributed by atoms with van der Waals surface area (Å²) >= 11 is 0. The fourth-order valence-electron chi connectivity index (χ4n) is 7.07. The quantitative estimate of drug-likeness (QED) is 0.0516. The highest BCUT2D eigenvalue weighted by Crippen LogP contribution is 2.19. The van der Waals surface area contributed by atoms with Crippen molar-refractivity contribution in [1.29, 1.82) is 0 Å². The van der Waals surface area contributed by atoms with Crippen LogP contribution in [0.4, 0.5) is 0 Å². The number of rotatable bonds is 41. The summed E-state index contributed by atoms with van der Waals surface area (Å²) in [6.45, 7) is 4.53. The van der Waals surface area contributed by atoms with Crippen LogP contribution in [0, 0.1) is 0 Å². The molecule has 48 heavy (non-hydrogen) atoms. The monoisotopic (exact) mass is 679 g/mol. The van der Waals surface area contributed by atoms with E-state index < -0.39 is 5.97 Å². The van der Waals surface area contributed by atoms with E-state index in [2.05, 4.69) is 13.8 Å². The van der Waals surface area contributed by atoms with Crippen molar-refractivity contribution in [2.45, 2.75) is 270 Å². The number of carboxylic acids is 1. The van der Waals surface area contributed by atoms with Crippen LogP contribution in [0.3, 0.4) is 0 Å². The number of carboxylic acid groups (broad SMARTS) is 1. The van der Waals surface area contributed by atoms with Crippen LogP contribution >= 0.6 is 0 Å². The number of carbonyl (C=O) groups excluding carboxylic acids is 1. The summed E-state index contributed by atoms with van der Waals surface area (Å²) in [6.07, 6.45) is 48.9. The molecule has 0 fully saturated rings. The molecule has 0 spiro atoms. The molecule has 1 atom stereocenters. The summed E-state index contributed by atoms with van der Waals surface area (Å²) in [7, 11) is 0. The average molecular weight is 679 g/mol. The second-order valence-electron chi connectivity index (χ2n) is 15.3. The maximum Gasteiger partial charge on any atom is 0.306 e. The van der Waals surface area contributed by atoms with Crippen molar-refractivity contribution in [2.75, 3.05) is 0 Å². The average Bonchev–Trinajstić information content (AvgIpc) is 3.07. The minimum absolute atomic E-state index is 0.0391. The van der Waals surface area contributed by atoms with Gasteiger partial charge in [0, 0.05) is 12.8 Å². The van der Waals surface area contributed by atoms with Gasteiger partial charge in [-0.3, -0.25) is 9.59 Å². The Bertz CT molecular complexity index is 648. The number of hydrogen-bond donors (Lipinski definition) is 1. The van der Waals surface area contributed by atoms with E-state index >= 15 is 0 Å². The fourth-order valence-corrected chi connectivity index (χ4v) is 7.07. The lowest BCUT2D eigenvalue weighted by atomic mass is 10.0. The Morgan fingerprint density at radius 2 is 0.625 bits per heavy atom. The van der Waals surface area contributed by atoms with E-state index in [1.807, 2.05) is 0 Å². The fraction of sp³-hybridized carbons (Fsp3) is 0.955. The SMILES string of the molecule is CCCCCCCCCCCCCCCCCCCCCCCC(=O)OC(CCCCC)CCCCCCCCCCCCCC(=O)O. The molecule has 0 rings (SSSR count). The first-order chi connectivity index (χ1) is 23.6. The van der Waals surface area contributed by atoms with Crippen LogP contribution in [0.15, 0.2) is 0 Å². The highest BCUT2D eigenvalue weighted by molar-refractivity contribution is 5.69. The molecule has 1 N–H and O–H groups in total. The summed E-state index contributed by atoms with van der Waals surface area (Å²) < 4.78 is 5.98. The van der Waals surface area contributed by atoms with E-state index in [9.17, 15) is 9.59 Å². The lowest BCUT2D eigenvalue weighted by Gasteiger charge is -2.18. The third kappa shape index (κ3) is 39.4. The minimum Gasteiger partial charge on any atom is -0.481 e. The van der Waals surface area contributed by atoms with Crippen LogP contribution in [0.2, 0.25) is 0 Å². The molecular weight excluding hydrogens is 592 g/mol. The van der Waals surface area contributed by atoms with E-state index in [-0.39, 0.29) is 12.1 Å². The van der Waals surface area contributed by atoms with Crippen molar-refractivity contribution < 1.29 is 19.4 Å². The molecule has 0 saturated heterocycles. The first kappa shape index (κ1) is 46.9. The Balaban J connectivity index is 3.60. The molecule has 286 valence electrons. The van der Waals surface area contributed by atoms with Crippen LogP contribution in [0.1, 0.15) is 264 Å². The molecule has 0 aromatic carbocycles. The van der Waals surface area contributed by atoms with Gasteiger partial charge < -0.3 is 9.84 Å². The first-order valence-corrected chi connectivity index (χ1v) is 22.0. The van der Waals surface area contributed by atoms with Crippen LogP contribution in [0.25, 0.3) is 0 Å². The molecule has 1 unspecified atom stereocenters. The Kier molecular flexibility index (Phi) is 39.5. The summed E-state index contributed by atoms with van der Waals surface area (Å²) in [5, 5.41) is 8.69. The molecule has 0 aliphatic carbocycles. The van der Waals surface area contributed by atoms with Gasteiger partial charge in [-0.15, -0.1) is 0 Å². The van der Waals surface area contributed by atoms with Crippen molar-refractivity contribution in [3.8, 4) is 0 Å². The third-order valence-corrected chi connectivity index (χ3v) is 10.3. The summed E-state index contributed by atoms with van der Waals surface area (Å²) in [5.74, 6) is -0.631. The summed E-state index contributed by atoms with van der Waals surface area (Å²) in [5.41, 5.74) is 0. The molecule has 0 amide bonds. The highest BCUT2D eigenvalue weighted by Gasteiger charge is 2.14. The molecule has 0 aliphatic rings. The third-order valence-electron chi connectivity index (χ3n) is 10.3. The van der Waals surface area contributed by atoms with Gasteiger partial charge in [0.1, 0.15) is 6.10 Å². The summed E-state index contributed by atoms with van der Waals surface area (Å²) in [4.78, 5) is 23.1. The van der Waals surface area contributed by atoms with Crippen LogP contribution in [-0.2, 0) is 14.3 Å². The number of unbranched alkanes of at least 4 members (excludes halogenated alkanes) is 32. The second kappa shape index (κ2) is 40.4. The van der Waals surface area contributed by atoms with Crippen LogP contribution < -0.4 is 0 Å². The van der Waals surface area contributed by atoms with Crippen molar-refractivity contribution in [3.05, 3.63) is 0 Å². The molecule has 4 nitrogen and oxygen atoms in total. The Morgan fingerprint density at radius 1 is 0.375 bits per heavy atom. The molecule has 0 saturated carbocycles. The number of esters is 1. The largest absolute Gasteiger partial charge is 0.481 e. The van der Waals surface area contributed by atoms with Crippen molar-refractivity contribution in [3.63, 3.8) is 0 Å². The van der Waals surface area contributed by atoms with Gasteiger partial charge in [-0.25, -0.2) is 0 Å². The van der Waals surface area contributed by atoms with Crippen molar-refractivity contribution >= 4 is 11.9 Å². The van der Waals surface area contributed by atoms with E-state index in [0.717, 1.165) is 32.1 Å². The van der Waals surface area contributed by atoms with Gasteiger partial charge in [0.05, 0.1) is 0 Å². The zero-order valence-electron chi connectivity index (χ0n) is 32.8. The molecule has 0 heterocycles. The van der Waals surface area contributed by atoms with Gasteiger partial charge in [0.2, 0.25) is 0 Å². The topological polar surface area (TPSA) is 63.6 Å². The number of aliphatic carboxylic acids is 1. The van der Waals surface area contributed by atoms with Gasteiger partial charge in [-0.05, 0) is 38.5 Å². The second-order valence-corrected chi connectivity index (χ2v) is 15.3. The molecule has 0 aromatic heterocycles. The zero-order chi connectivity index (χ0) is 35.0. The molecule has 0 radical (unpaired) electrons. The lowest BCUT2D eigenvalue weighted by molar-refractivity contribution is -0.150. The predicted molar refractivity (Wildman–Crippen MR) is 209 cm³/mol. The van der Waals surface area contributed by atoms with E-state index in [0.29, 0.717) is 12.8 Å². The van der Waals surface area contributed by atoms with Gasteiger partial charge >= 0.3 is 11.9 Å². The Hall–Kier alpha value is -1.06. The predicted octanol–water partition coefficient (Wildman–Crippen LogP) is 15.2. The van der Waals surface area contributed by atoms with E-state index in [1.54, 1.807) is 0 Å². The smallest absolute Gasteiger partial charge is 0.306 e. The molecule has 0 bridgehead atoms. The van der Waals surface area contributed by atoms with Gasteiger partial charge in [-0.1, -0.05) is 213 Å². The molecule has 4 heteroatoms. The van der Waals surface area contributed by atoms with Crippen LogP contribution in [0.5, 0.6) is 0 Å². The van der Waals surface area contributed by atoms with E-state index in [1.165, 1.54) is 205 Å². The molecule has 0 aromatic rings. The number of carbonyl (C=O) groups is 2. The van der Waals surface area contributed by atoms with E-state index in [4.69, 9.17) is 9.84 Å². The normalized spacial score (nSPS) is 12.0. The zero-order valence-corrected chi connectivity index (χ0v) is 32.8. The molecule has 0 aliphatic heterocycles. The lowest BCUT2D eigenvalue weighted by Crippen LogP contribution is -2.18. The molecular formula is C44H86O4. The maximum atomic E-state index is 12.6. The highest BCUT2D eigenvalue weighted by atomic mass is 16.5. The number of ether oxygens (including phenoxy) is 1. The maximum absolute atomic E-state index is 12.6. The Morgan fingerprint density at radius 3 is 0.958 bits per heavy atom. The first-order valence-electron chi connectivity index (χ1n) is 22.0. The van der Waals surface area contributed by atoms with Gasteiger partial charge in [0.25, 0.3) is 0 Å². The van der Waals surface area contributed by atoms with Crippen LogP contribution in [-0.4, -0.2) is 23.1 Å². The van der Waals surface area contributed by atoms with Crippen molar-refractivity contribution in [1.82, 2.24) is 0 Å².